The van der Waals surface area contributed by atoms with Crippen molar-refractivity contribution in [2.24, 2.45) is 0 Å². The predicted molar refractivity (Wildman–Crippen MR) is 108 cm³/mol. The number of carbonyl (C=O) groups excluding carboxylic acids is 1. The van der Waals surface area contributed by atoms with Gasteiger partial charge < -0.3 is 4.90 Å². The highest BCUT2D eigenvalue weighted by molar-refractivity contribution is 7.99. The highest BCUT2D eigenvalue weighted by atomic mass is 32.2. The van der Waals surface area contributed by atoms with Crippen molar-refractivity contribution in [2.45, 2.75) is 24.3 Å². The van der Waals surface area contributed by atoms with Crippen LogP contribution in [0.1, 0.15) is 12.8 Å². The van der Waals surface area contributed by atoms with E-state index < -0.39 is 0 Å². The number of hydrogen-bond acceptors (Lipinski definition) is 4. The Bertz CT molecular complexity index is 1120. The third-order valence-electron chi connectivity index (χ3n) is 4.67. The van der Waals surface area contributed by atoms with Crippen molar-refractivity contribution in [1.29, 1.82) is 0 Å². The molecule has 0 spiro atoms. The molecule has 1 aromatic heterocycles. The summed E-state index contributed by atoms with van der Waals surface area (Å²) in [5, 5.41) is 3.31. The van der Waals surface area contributed by atoms with Crippen molar-refractivity contribution in [3.63, 3.8) is 0 Å². The monoisotopic (exact) mass is 381 g/mol. The SMILES string of the molecule is O=C(CCn1[nH]c(=O)c2ccccc2c1=O)N1CCCSc2ccccc21. The van der Waals surface area contributed by atoms with Gasteiger partial charge in [0.15, 0.2) is 0 Å². The summed E-state index contributed by atoms with van der Waals surface area (Å²) in [4.78, 5) is 40.5. The quantitative estimate of drug-likeness (QED) is 0.757. The molecular formula is C20H19N3O3S. The Balaban J connectivity index is 1.59. The number of fused-ring (bicyclic) bond motifs is 2. The third-order valence-corrected chi connectivity index (χ3v) is 5.82. The summed E-state index contributed by atoms with van der Waals surface area (Å²) in [6, 6.07) is 14.6. The second kappa shape index (κ2) is 7.44. The molecule has 2 aromatic carbocycles. The maximum atomic E-state index is 12.9. The summed E-state index contributed by atoms with van der Waals surface area (Å²) < 4.78 is 1.24. The van der Waals surface area contributed by atoms with E-state index in [-0.39, 0.29) is 30.0 Å². The van der Waals surface area contributed by atoms with Crippen molar-refractivity contribution in [3.8, 4) is 0 Å². The van der Waals surface area contributed by atoms with Crippen LogP contribution < -0.4 is 16.0 Å². The summed E-state index contributed by atoms with van der Waals surface area (Å²) in [6.07, 6.45) is 1.06. The van der Waals surface area contributed by atoms with Gasteiger partial charge in [0.05, 0.1) is 23.0 Å². The molecule has 0 atom stereocenters. The minimum Gasteiger partial charge on any atom is -0.311 e. The molecule has 4 rings (SSSR count). The first kappa shape index (κ1) is 17.6. The number of rotatable bonds is 3. The van der Waals surface area contributed by atoms with Gasteiger partial charge in [-0.05, 0) is 36.4 Å². The molecule has 0 saturated carbocycles. The molecule has 138 valence electrons. The Labute approximate surface area is 159 Å². The molecule has 0 bridgehead atoms. The van der Waals surface area contributed by atoms with Crippen LogP contribution in [-0.4, -0.2) is 28.0 Å². The Morgan fingerprint density at radius 1 is 1.04 bits per heavy atom. The number of thioether (sulfide) groups is 1. The number of anilines is 1. The lowest BCUT2D eigenvalue weighted by Crippen LogP contribution is -2.35. The van der Waals surface area contributed by atoms with Gasteiger partial charge in [0.25, 0.3) is 11.1 Å². The van der Waals surface area contributed by atoms with Crippen molar-refractivity contribution in [1.82, 2.24) is 9.78 Å². The highest BCUT2D eigenvalue weighted by Crippen LogP contribution is 2.33. The van der Waals surface area contributed by atoms with E-state index in [2.05, 4.69) is 5.10 Å². The number of aromatic nitrogens is 2. The van der Waals surface area contributed by atoms with E-state index in [1.165, 1.54) is 4.68 Å². The second-order valence-electron chi connectivity index (χ2n) is 6.41. The molecule has 1 aliphatic rings. The standard InChI is InChI=1S/C20H19N3O3S/c24-18(22-11-5-13-27-17-9-4-3-8-16(17)22)10-12-23-20(26)15-7-2-1-6-14(15)19(25)21-23/h1-4,6-9H,5,10-13H2,(H,21,25). The van der Waals surface area contributed by atoms with Crippen LogP contribution in [-0.2, 0) is 11.3 Å². The molecular weight excluding hydrogens is 362 g/mol. The number of nitrogens with zero attached hydrogens (tertiary/aromatic N) is 2. The largest absolute Gasteiger partial charge is 0.311 e. The minimum atomic E-state index is -0.325. The van der Waals surface area contributed by atoms with Crippen LogP contribution >= 0.6 is 11.8 Å². The predicted octanol–water partition coefficient (Wildman–Crippen LogP) is 2.61. The van der Waals surface area contributed by atoms with Crippen LogP contribution in [0.5, 0.6) is 0 Å². The molecule has 0 aliphatic carbocycles. The van der Waals surface area contributed by atoms with Gasteiger partial charge in [0.1, 0.15) is 0 Å². The van der Waals surface area contributed by atoms with Crippen molar-refractivity contribution in [2.75, 3.05) is 17.2 Å². The number of H-pyrrole nitrogens is 1. The number of benzene rings is 2. The molecule has 1 N–H and O–H groups in total. The van der Waals surface area contributed by atoms with Gasteiger partial charge in [0.2, 0.25) is 5.91 Å². The fraction of sp³-hybridized carbons (Fsp3) is 0.250. The summed E-state index contributed by atoms with van der Waals surface area (Å²) in [5.74, 6) is 0.920. The first-order chi connectivity index (χ1) is 13.1. The van der Waals surface area contributed by atoms with Crippen LogP contribution in [0.15, 0.2) is 63.0 Å². The van der Waals surface area contributed by atoms with Gasteiger partial charge >= 0.3 is 0 Å². The van der Waals surface area contributed by atoms with Gasteiger partial charge in [0, 0.05) is 17.9 Å². The molecule has 0 radical (unpaired) electrons. The summed E-state index contributed by atoms with van der Waals surface area (Å²) >= 11 is 1.75. The lowest BCUT2D eigenvalue weighted by molar-refractivity contribution is -0.118. The molecule has 27 heavy (non-hydrogen) atoms. The van der Waals surface area contributed by atoms with E-state index in [9.17, 15) is 14.4 Å². The number of carbonyl (C=O) groups is 1. The molecule has 0 saturated heterocycles. The maximum absolute atomic E-state index is 12.9. The maximum Gasteiger partial charge on any atom is 0.273 e. The van der Waals surface area contributed by atoms with Gasteiger partial charge in [-0.25, -0.2) is 4.68 Å². The normalized spacial score (nSPS) is 14.0. The van der Waals surface area contributed by atoms with Gasteiger partial charge in [-0.15, -0.1) is 11.8 Å². The number of para-hydroxylation sites is 1. The Morgan fingerprint density at radius 3 is 2.63 bits per heavy atom. The number of nitrogens with one attached hydrogen (secondary N) is 1. The molecule has 7 heteroatoms. The van der Waals surface area contributed by atoms with Crippen molar-refractivity contribution >= 4 is 34.1 Å². The zero-order valence-corrected chi connectivity index (χ0v) is 15.5. The molecule has 0 unspecified atom stereocenters. The Morgan fingerprint density at radius 2 is 1.78 bits per heavy atom. The first-order valence-corrected chi connectivity index (χ1v) is 9.88. The molecule has 1 amide bonds. The summed E-state index contributed by atoms with van der Waals surface area (Å²) in [5.41, 5.74) is 0.309. The lowest BCUT2D eigenvalue weighted by Gasteiger charge is -2.22. The smallest absolute Gasteiger partial charge is 0.273 e. The first-order valence-electron chi connectivity index (χ1n) is 8.89. The molecule has 3 aromatic rings. The topological polar surface area (TPSA) is 75.2 Å². The zero-order valence-electron chi connectivity index (χ0n) is 14.7. The number of aryl methyl sites for hydroxylation is 1. The Hall–Kier alpha value is -2.80. The van der Waals surface area contributed by atoms with Crippen LogP contribution in [0.4, 0.5) is 5.69 Å². The number of aromatic amines is 1. The van der Waals surface area contributed by atoms with Crippen LogP contribution in [0, 0.1) is 0 Å². The van der Waals surface area contributed by atoms with E-state index in [1.807, 2.05) is 24.3 Å². The van der Waals surface area contributed by atoms with Gasteiger partial charge in [-0.2, -0.15) is 0 Å². The van der Waals surface area contributed by atoms with E-state index in [4.69, 9.17) is 0 Å². The molecule has 1 aliphatic heterocycles. The van der Waals surface area contributed by atoms with E-state index in [0.29, 0.717) is 17.3 Å². The van der Waals surface area contributed by atoms with E-state index in [0.717, 1.165) is 22.8 Å². The average Bonchev–Trinajstić information content (AvgIpc) is 2.92. The molecule has 6 nitrogen and oxygen atoms in total. The number of amides is 1. The van der Waals surface area contributed by atoms with Crippen molar-refractivity contribution in [3.05, 3.63) is 69.2 Å². The summed E-state index contributed by atoms with van der Waals surface area (Å²) in [6.45, 7) is 0.801. The minimum absolute atomic E-state index is 0.0501. The van der Waals surface area contributed by atoms with Gasteiger partial charge in [-0.1, -0.05) is 24.3 Å². The van der Waals surface area contributed by atoms with Gasteiger partial charge in [-0.3, -0.25) is 19.5 Å². The fourth-order valence-electron chi connectivity index (χ4n) is 3.33. The van der Waals surface area contributed by atoms with Crippen LogP contribution in [0.25, 0.3) is 10.8 Å². The van der Waals surface area contributed by atoms with Crippen LogP contribution in [0.2, 0.25) is 0 Å². The zero-order chi connectivity index (χ0) is 18.8. The highest BCUT2D eigenvalue weighted by Gasteiger charge is 2.21. The second-order valence-corrected chi connectivity index (χ2v) is 7.55. The summed E-state index contributed by atoms with van der Waals surface area (Å²) in [7, 11) is 0. The molecule has 0 fully saturated rings. The lowest BCUT2D eigenvalue weighted by atomic mass is 10.2. The molecule has 2 heterocycles. The average molecular weight is 381 g/mol. The van der Waals surface area contributed by atoms with Crippen LogP contribution in [0.3, 0.4) is 0 Å². The number of hydrogen-bond donors (Lipinski definition) is 1. The third kappa shape index (κ3) is 3.42. The van der Waals surface area contributed by atoms with E-state index in [1.54, 1.807) is 40.9 Å². The fourth-order valence-corrected chi connectivity index (χ4v) is 4.33. The van der Waals surface area contributed by atoms with E-state index >= 15 is 0 Å². The Kier molecular flexibility index (Phi) is 4.85. The van der Waals surface area contributed by atoms with Crippen molar-refractivity contribution < 1.29 is 4.79 Å².